The predicted molar refractivity (Wildman–Crippen MR) is 73.2 cm³/mol. The fourth-order valence-corrected chi connectivity index (χ4v) is 3.37. The summed E-state index contributed by atoms with van der Waals surface area (Å²) in [4.78, 5) is 17.5. The molecule has 0 aromatic rings. The molecule has 0 bridgehead atoms. The second-order valence-electron chi connectivity index (χ2n) is 5.18. The van der Waals surface area contributed by atoms with Gasteiger partial charge in [0.05, 0.1) is 25.2 Å². The number of cyclic esters (lactones) is 1. The topological polar surface area (TPSA) is 64.8 Å². The number of nitrogens with zero attached hydrogens (tertiary/aromatic N) is 1. The summed E-state index contributed by atoms with van der Waals surface area (Å²) in [7, 11) is 0. The number of ether oxygens (including phenoxy) is 1. The van der Waals surface area contributed by atoms with Crippen LogP contribution in [0.15, 0.2) is 22.0 Å². The first-order valence-corrected chi connectivity index (χ1v) is 7.44. The van der Waals surface area contributed by atoms with Crippen LogP contribution in [0, 0.1) is 5.92 Å². The Labute approximate surface area is 124 Å². The highest BCUT2D eigenvalue weighted by Crippen LogP contribution is 2.36. The molecule has 7 heteroatoms. The van der Waals surface area contributed by atoms with Crippen LogP contribution in [0.25, 0.3) is 0 Å². The number of fused-ring (bicyclic) bond motifs is 1. The third kappa shape index (κ3) is 2.32. The van der Waals surface area contributed by atoms with Crippen LogP contribution in [-0.4, -0.2) is 42.9 Å². The van der Waals surface area contributed by atoms with E-state index in [2.05, 4.69) is 15.9 Å². The number of allylic oxidation sites excluding steroid dienone is 2. The summed E-state index contributed by atoms with van der Waals surface area (Å²) in [5.41, 5.74) is 6.20. The lowest BCUT2D eigenvalue weighted by Crippen LogP contribution is -2.36. The number of hydrogen-bond donors (Lipinski definition) is 1. The van der Waals surface area contributed by atoms with Crippen molar-refractivity contribution in [3.8, 4) is 0 Å². The van der Waals surface area contributed by atoms with Gasteiger partial charge in [0.1, 0.15) is 11.9 Å². The molecule has 3 aliphatic rings. The molecule has 0 aromatic heterocycles. The molecule has 0 spiro atoms. The zero-order valence-corrected chi connectivity index (χ0v) is 12.4. The van der Waals surface area contributed by atoms with E-state index in [9.17, 15) is 9.18 Å². The molecule has 2 fully saturated rings. The Morgan fingerprint density at radius 3 is 3.10 bits per heavy atom. The second kappa shape index (κ2) is 5.55. The number of hydroxylamine groups is 2. The number of carbonyl (C=O) groups excluding carboxylic acids is 1. The molecule has 0 amide bonds. The van der Waals surface area contributed by atoms with Crippen molar-refractivity contribution in [2.75, 3.05) is 19.7 Å². The molecule has 110 valence electrons. The Balaban J connectivity index is 1.77. The molecular weight excluding hydrogens is 331 g/mol. The van der Waals surface area contributed by atoms with Gasteiger partial charge in [0.2, 0.25) is 0 Å². The average Bonchev–Trinajstić information content (AvgIpc) is 2.97. The van der Waals surface area contributed by atoms with E-state index in [0.29, 0.717) is 29.6 Å². The molecule has 3 atom stereocenters. The number of nitrogens with two attached hydrogens (primary N) is 1. The molecule has 2 saturated heterocycles. The number of hydrogen-bond acceptors (Lipinski definition) is 5. The van der Waals surface area contributed by atoms with E-state index in [4.69, 9.17) is 15.3 Å². The van der Waals surface area contributed by atoms with E-state index in [1.54, 1.807) is 0 Å². The van der Waals surface area contributed by atoms with Gasteiger partial charge in [0, 0.05) is 16.6 Å². The number of carbonyl (C=O) groups is 1. The van der Waals surface area contributed by atoms with Crippen LogP contribution in [0.1, 0.15) is 12.8 Å². The highest BCUT2D eigenvalue weighted by Gasteiger charge is 2.52. The molecular formula is C13H16BrFN2O3. The van der Waals surface area contributed by atoms with Crippen LogP contribution in [0.5, 0.6) is 0 Å². The predicted octanol–water partition coefficient (Wildman–Crippen LogP) is 1.40. The van der Waals surface area contributed by atoms with Gasteiger partial charge in [-0.2, -0.15) is 5.06 Å². The van der Waals surface area contributed by atoms with Crippen LogP contribution in [0.3, 0.4) is 0 Å². The summed E-state index contributed by atoms with van der Waals surface area (Å²) in [6, 6.07) is -0.474. The van der Waals surface area contributed by atoms with Crippen molar-refractivity contribution in [3.05, 3.63) is 22.0 Å². The zero-order chi connectivity index (χ0) is 14.3. The van der Waals surface area contributed by atoms with Crippen molar-refractivity contribution in [3.63, 3.8) is 0 Å². The summed E-state index contributed by atoms with van der Waals surface area (Å²) in [6.07, 6.45) is 3.03. The smallest absolute Gasteiger partial charge is 0.326 e. The van der Waals surface area contributed by atoms with Crippen molar-refractivity contribution in [2.24, 2.45) is 11.7 Å². The summed E-state index contributed by atoms with van der Waals surface area (Å²) >= 11 is 3.23. The molecule has 2 N–H and O–H groups in total. The van der Waals surface area contributed by atoms with Crippen molar-refractivity contribution in [1.82, 2.24) is 5.06 Å². The Bertz CT molecular complexity index is 494. The summed E-state index contributed by atoms with van der Waals surface area (Å²) < 4.78 is 19.7. The maximum atomic E-state index is 14.1. The standard InChI is InChI=1S/C13H16BrFN2O3/c14-9-3-1-2-7(11(9)15)5-17-12-8(6-19-13(12)18)10(4-16)20-17/h2,8,10,12H,1,3-6,16H2/t8-,10?,12+/m1/s1. The van der Waals surface area contributed by atoms with Gasteiger partial charge in [-0.05, 0) is 12.8 Å². The Hall–Kier alpha value is -0.760. The number of rotatable bonds is 3. The van der Waals surface area contributed by atoms with Gasteiger partial charge in [-0.3, -0.25) is 9.63 Å². The van der Waals surface area contributed by atoms with Gasteiger partial charge >= 0.3 is 5.97 Å². The Kier molecular flexibility index (Phi) is 3.94. The first kappa shape index (κ1) is 14.2. The lowest BCUT2D eigenvalue weighted by atomic mass is 9.97. The van der Waals surface area contributed by atoms with Gasteiger partial charge in [0.25, 0.3) is 0 Å². The lowest BCUT2D eigenvalue weighted by Gasteiger charge is -2.22. The molecule has 5 nitrogen and oxygen atoms in total. The van der Waals surface area contributed by atoms with Crippen LogP contribution in [0.2, 0.25) is 0 Å². The summed E-state index contributed by atoms with van der Waals surface area (Å²) in [6.45, 7) is 0.867. The van der Waals surface area contributed by atoms with Crippen LogP contribution >= 0.6 is 15.9 Å². The summed E-state index contributed by atoms with van der Waals surface area (Å²) in [5, 5.41) is 1.52. The number of halogens is 2. The first-order valence-electron chi connectivity index (χ1n) is 6.65. The molecule has 3 rings (SSSR count). The van der Waals surface area contributed by atoms with E-state index in [1.807, 2.05) is 6.08 Å². The third-order valence-corrected chi connectivity index (χ3v) is 4.70. The van der Waals surface area contributed by atoms with Crippen molar-refractivity contribution in [2.45, 2.75) is 25.0 Å². The highest BCUT2D eigenvalue weighted by molar-refractivity contribution is 9.11. The van der Waals surface area contributed by atoms with Crippen LogP contribution in [0.4, 0.5) is 4.39 Å². The van der Waals surface area contributed by atoms with E-state index in [0.717, 1.165) is 6.42 Å². The maximum absolute atomic E-state index is 14.1. The van der Waals surface area contributed by atoms with Gasteiger partial charge in [-0.15, -0.1) is 0 Å². The lowest BCUT2D eigenvalue weighted by molar-refractivity contribution is -0.177. The van der Waals surface area contributed by atoms with E-state index in [1.165, 1.54) is 5.06 Å². The maximum Gasteiger partial charge on any atom is 0.326 e. The Morgan fingerprint density at radius 2 is 2.35 bits per heavy atom. The van der Waals surface area contributed by atoms with Crippen LogP contribution in [-0.2, 0) is 14.4 Å². The molecule has 0 saturated carbocycles. The van der Waals surface area contributed by atoms with Crippen molar-refractivity contribution >= 4 is 21.9 Å². The minimum absolute atomic E-state index is 0.0628. The van der Waals surface area contributed by atoms with Gasteiger partial charge in [0.15, 0.2) is 0 Å². The van der Waals surface area contributed by atoms with Gasteiger partial charge in [-0.25, -0.2) is 4.39 Å². The van der Waals surface area contributed by atoms with Gasteiger partial charge in [-0.1, -0.05) is 22.0 Å². The quantitative estimate of drug-likeness (QED) is 0.782. The first-order chi connectivity index (χ1) is 9.61. The van der Waals surface area contributed by atoms with Gasteiger partial charge < -0.3 is 10.5 Å². The molecule has 20 heavy (non-hydrogen) atoms. The Morgan fingerprint density at radius 1 is 1.55 bits per heavy atom. The van der Waals surface area contributed by atoms with Crippen molar-refractivity contribution < 1.29 is 18.8 Å². The second-order valence-corrected chi connectivity index (χ2v) is 6.14. The molecule has 1 aliphatic carbocycles. The molecule has 1 unspecified atom stereocenters. The number of esters is 1. The third-order valence-electron chi connectivity index (χ3n) is 3.96. The average molecular weight is 347 g/mol. The van der Waals surface area contributed by atoms with E-state index < -0.39 is 6.04 Å². The molecule has 2 aliphatic heterocycles. The highest BCUT2D eigenvalue weighted by atomic mass is 79.9. The minimum Gasteiger partial charge on any atom is -0.464 e. The summed E-state index contributed by atoms with van der Waals surface area (Å²) in [5.74, 6) is -0.642. The SMILES string of the molecule is NCC1ON(CC2=CCCC(Br)=C2F)[C@@H]2C(=O)OC[C@H]12. The molecule has 0 radical (unpaired) electrons. The monoisotopic (exact) mass is 346 g/mol. The minimum atomic E-state index is -0.474. The fourth-order valence-electron chi connectivity index (χ4n) is 2.89. The normalized spacial score (nSPS) is 34.2. The van der Waals surface area contributed by atoms with Crippen molar-refractivity contribution in [1.29, 1.82) is 0 Å². The fraction of sp³-hybridized carbons (Fsp3) is 0.615. The largest absolute Gasteiger partial charge is 0.464 e. The van der Waals surface area contributed by atoms with E-state index in [-0.39, 0.29) is 30.4 Å². The molecule has 2 heterocycles. The molecule has 0 aromatic carbocycles. The van der Waals surface area contributed by atoms with Crippen LogP contribution < -0.4 is 5.73 Å². The zero-order valence-electron chi connectivity index (χ0n) is 10.9. The van der Waals surface area contributed by atoms with E-state index >= 15 is 0 Å².